The zero-order valence-electron chi connectivity index (χ0n) is 15.8. The Balaban J connectivity index is 1.72. The number of carbonyl (C=O) groups excluding carboxylic acids is 1. The number of thioether (sulfide) groups is 1. The third-order valence-corrected chi connectivity index (χ3v) is 5.47. The summed E-state index contributed by atoms with van der Waals surface area (Å²) in [6, 6.07) is 11.5. The van der Waals surface area contributed by atoms with Crippen LogP contribution in [0.5, 0.6) is 0 Å². The molecule has 28 heavy (non-hydrogen) atoms. The minimum atomic E-state index is 0.0727. The van der Waals surface area contributed by atoms with Gasteiger partial charge in [-0.05, 0) is 30.7 Å². The van der Waals surface area contributed by atoms with Gasteiger partial charge >= 0.3 is 0 Å². The summed E-state index contributed by atoms with van der Waals surface area (Å²) in [4.78, 5) is 18.9. The van der Waals surface area contributed by atoms with Crippen molar-refractivity contribution < 1.29 is 9.21 Å². The molecule has 0 spiro atoms. The van der Waals surface area contributed by atoms with Crippen molar-refractivity contribution in [3.8, 4) is 11.6 Å². The fourth-order valence-corrected chi connectivity index (χ4v) is 3.85. The van der Waals surface area contributed by atoms with Crippen LogP contribution < -0.4 is 0 Å². The van der Waals surface area contributed by atoms with Crippen LogP contribution in [-0.2, 0) is 4.79 Å². The first kappa shape index (κ1) is 18.5. The van der Waals surface area contributed by atoms with E-state index in [4.69, 9.17) is 9.40 Å². The summed E-state index contributed by atoms with van der Waals surface area (Å²) in [7, 11) is 1.84. The van der Waals surface area contributed by atoms with E-state index in [-0.39, 0.29) is 5.91 Å². The number of fused-ring (bicyclic) bond motifs is 3. The molecule has 0 aliphatic heterocycles. The van der Waals surface area contributed by atoms with Gasteiger partial charge in [0.2, 0.25) is 5.91 Å². The third kappa shape index (κ3) is 3.47. The van der Waals surface area contributed by atoms with Gasteiger partial charge in [0.15, 0.2) is 22.4 Å². The molecular weight excluding hydrogens is 374 g/mol. The summed E-state index contributed by atoms with van der Waals surface area (Å²) in [5.41, 5.74) is 1.52. The van der Waals surface area contributed by atoms with Crippen molar-refractivity contribution in [2.75, 3.05) is 19.3 Å². The molecule has 0 unspecified atom stereocenters. The van der Waals surface area contributed by atoms with Crippen LogP contribution in [0.4, 0.5) is 0 Å². The molecule has 3 heterocycles. The molecule has 0 saturated heterocycles. The van der Waals surface area contributed by atoms with Crippen molar-refractivity contribution in [3.63, 3.8) is 0 Å². The number of aromatic nitrogens is 4. The smallest absolute Gasteiger partial charge is 0.232 e. The quantitative estimate of drug-likeness (QED) is 0.442. The van der Waals surface area contributed by atoms with Gasteiger partial charge in [0, 0.05) is 19.0 Å². The molecule has 0 aliphatic rings. The molecule has 4 aromatic rings. The molecule has 8 heteroatoms. The summed E-state index contributed by atoms with van der Waals surface area (Å²) in [6.07, 6.45) is 3.67. The number of para-hydroxylation sites is 1. The maximum Gasteiger partial charge on any atom is 0.232 e. The van der Waals surface area contributed by atoms with Gasteiger partial charge in [0.05, 0.1) is 17.5 Å². The second-order valence-electron chi connectivity index (χ2n) is 6.53. The van der Waals surface area contributed by atoms with Gasteiger partial charge in [-0.1, -0.05) is 37.2 Å². The predicted molar refractivity (Wildman–Crippen MR) is 109 cm³/mol. The van der Waals surface area contributed by atoms with Crippen LogP contribution in [0.15, 0.2) is 52.2 Å². The summed E-state index contributed by atoms with van der Waals surface area (Å²) in [6.45, 7) is 2.88. The van der Waals surface area contributed by atoms with Gasteiger partial charge in [-0.2, -0.15) is 0 Å². The summed E-state index contributed by atoms with van der Waals surface area (Å²) >= 11 is 1.36. The normalized spacial score (nSPS) is 11.4. The molecule has 0 atom stereocenters. The highest BCUT2D eigenvalue weighted by Crippen LogP contribution is 2.29. The molecule has 0 saturated carbocycles. The maximum atomic E-state index is 12.4. The lowest BCUT2D eigenvalue weighted by Gasteiger charge is -2.16. The molecule has 0 bridgehead atoms. The first-order valence-corrected chi connectivity index (χ1v) is 10.2. The van der Waals surface area contributed by atoms with Crippen molar-refractivity contribution >= 4 is 34.2 Å². The molecule has 144 valence electrons. The molecule has 0 radical (unpaired) electrons. The van der Waals surface area contributed by atoms with Gasteiger partial charge in [0.25, 0.3) is 0 Å². The Kier molecular flexibility index (Phi) is 5.29. The lowest BCUT2D eigenvalue weighted by Crippen LogP contribution is -2.29. The molecule has 7 nitrogen and oxygen atoms in total. The predicted octanol–water partition coefficient (Wildman–Crippen LogP) is 3.89. The topological polar surface area (TPSA) is 76.5 Å². The van der Waals surface area contributed by atoms with E-state index in [0.717, 1.165) is 30.3 Å². The average molecular weight is 395 g/mol. The lowest BCUT2D eigenvalue weighted by molar-refractivity contribution is -0.127. The Morgan fingerprint density at radius 1 is 1.21 bits per heavy atom. The number of amides is 1. The number of benzene rings is 1. The van der Waals surface area contributed by atoms with Crippen LogP contribution in [0.25, 0.3) is 28.1 Å². The molecule has 0 fully saturated rings. The van der Waals surface area contributed by atoms with Gasteiger partial charge in [-0.15, -0.1) is 10.2 Å². The van der Waals surface area contributed by atoms with E-state index in [1.165, 1.54) is 11.8 Å². The van der Waals surface area contributed by atoms with E-state index in [0.29, 0.717) is 28.1 Å². The molecule has 1 amide bonds. The number of carbonyl (C=O) groups is 1. The first-order chi connectivity index (χ1) is 13.7. The molecule has 1 aromatic carbocycles. The van der Waals surface area contributed by atoms with Crippen molar-refractivity contribution in [2.45, 2.75) is 24.9 Å². The van der Waals surface area contributed by atoms with Gasteiger partial charge in [-0.25, -0.2) is 4.98 Å². The van der Waals surface area contributed by atoms with E-state index in [9.17, 15) is 4.79 Å². The Hall–Kier alpha value is -2.87. The number of hydrogen-bond acceptors (Lipinski definition) is 6. The van der Waals surface area contributed by atoms with Gasteiger partial charge in [-0.3, -0.25) is 9.20 Å². The van der Waals surface area contributed by atoms with Gasteiger partial charge < -0.3 is 9.32 Å². The SMILES string of the molecule is CCCCN(C)C(=O)CSc1nnc2c3ccccc3nc(-c3ccco3)n12. The van der Waals surface area contributed by atoms with E-state index < -0.39 is 0 Å². The molecular formula is C20H21N5O2S. The van der Waals surface area contributed by atoms with Crippen LogP contribution in [0, 0.1) is 0 Å². The van der Waals surface area contributed by atoms with E-state index >= 15 is 0 Å². The number of unbranched alkanes of at least 4 members (excludes halogenated alkanes) is 1. The summed E-state index contributed by atoms with van der Waals surface area (Å²) < 4.78 is 7.45. The fraction of sp³-hybridized carbons (Fsp3) is 0.300. The second kappa shape index (κ2) is 8.02. The largest absolute Gasteiger partial charge is 0.461 e. The standard InChI is InChI=1S/C20H21N5O2S/c1-3-4-11-24(2)17(26)13-28-20-23-22-18-14-8-5-6-9-15(14)21-19(25(18)20)16-10-7-12-27-16/h5-10,12H,3-4,11,13H2,1-2H3. The van der Waals surface area contributed by atoms with Gasteiger partial charge in [0.1, 0.15) is 0 Å². The van der Waals surface area contributed by atoms with Crippen molar-refractivity contribution in [1.82, 2.24) is 24.5 Å². The van der Waals surface area contributed by atoms with Crippen molar-refractivity contribution in [1.29, 1.82) is 0 Å². The third-order valence-electron chi connectivity index (χ3n) is 4.56. The summed E-state index contributed by atoms with van der Waals surface area (Å²) in [5.74, 6) is 1.62. The van der Waals surface area contributed by atoms with E-state index in [2.05, 4.69) is 17.1 Å². The fourth-order valence-electron chi connectivity index (χ4n) is 2.98. The number of furan rings is 1. The molecule has 3 aromatic heterocycles. The van der Waals surface area contributed by atoms with Crippen LogP contribution in [0.1, 0.15) is 19.8 Å². The van der Waals surface area contributed by atoms with Crippen molar-refractivity contribution in [2.24, 2.45) is 0 Å². The van der Waals surface area contributed by atoms with E-state index in [1.807, 2.05) is 47.8 Å². The maximum absolute atomic E-state index is 12.4. The van der Waals surface area contributed by atoms with Crippen molar-refractivity contribution in [3.05, 3.63) is 42.7 Å². The Morgan fingerprint density at radius 3 is 2.86 bits per heavy atom. The lowest BCUT2D eigenvalue weighted by atomic mass is 10.2. The minimum Gasteiger partial charge on any atom is -0.461 e. The number of nitrogens with zero attached hydrogens (tertiary/aromatic N) is 5. The Morgan fingerprint density at radius 2 is 2.07 bits per heavy atom. The minimum absolute atomic E-state index is 0.0727. The summed E-state index contributed by atoms with van der Waals surface area (Å²) in [5, 5.41) is 10.2. The molecule has 0 aliphatic carbocycles. The second-order valence-corrected chi connectivity index (χ2v) is 7.47. The van der Waals surface area contributed by atoms with Crippen LogP contribution in [0.3, 0.4) is 0 Å². The van der Waals surface area contributed by atoms with E-state index in [1.54, 1.807) is 11.2 Å². The van der Waals surface area contributed by atoms with Crippen LogP contribution in [-0.4, -0.2) is 49.7 Å². The number of hydrogen-bond donors (Lipinski definition) is 0. The molecule has 0 N–H and O–H groups in total. The zero-order chi connectivity index (χ0) is 19.5. The average Bonchev–Trinajstić information content (AvgIpc) is 3.40. The number of rotatable bonds is 7. The zero-order valence-corrected chi connectivity index (χ0v) is 16.6. The van der Waals surface area contributed by atoms with Crippen LogP contribution in [0.2, 0.25) is 0 Å². The molecule has 4 rings (SSSR count). The highest BCUT2D eigenvalue weighted by molar-refractivity contribution is 7.99. The first-order valence-electron chi connectivity index (χ1n) is 9.23. The monoisotopic (exact) mass is 395 g/mol. The van der Waals surface area contributed by atoms with Crippen LogP contribution >= 0.6 is 11.8 Å². The highest BCUT2D eigenvalue weighted by Gasteiger charge is 2.19. The Bertz CT molecular complexity index is 1110. The highest BCUT2D eigenvalue weighted by atomic mass is 32.2. The Labute approximate surface area is 166 Å².